The lowest BCUT2D eigenvalue weighted by atomic mass is 9.85. The maximum atomic E-state index is 2.35. The lowest BCUT2D eigenvalue weighted by Gasteiger charge is -2.20. The van der Waals surface area contributed by atoms with Crippen molar-refractivity contribution >= 4 is 0 Å². The van der Waals surface area contributed by atoms with E-state index in [4.69, 9.17) is 0 Å². The summed E-state index contributed by atoms with van der Waals surface area (Å²) in [6, 6.07) is 0. The first kappa shape index (κ1) is 11.5. The lowest BCUT2D eigenvalue weighted by Crippen LogP contribution is -2.01. The lowest BCUT2D eigenvalue weighted by molar-refractivity contribution is 0.851. The van der Waals surface area contributed by atoms with Gasteiger partial charge in [0.05, 0.1) is 0 Å². The Balaban J connectivity index is 1.78. The van der Waals surface area contributed by atoms with Gasteiger partial charge in [0.1, 0.15) is 0 Å². The molecule has 0 atom stereocenters. The number of hydrogen-bond donors (Lipinski definition) is 0. The van der Waals surface area contributed by atoms with Gasteiger partial charge in [0, 0.05) is 0 Å². The van der Waals surface area contributed by atoms with E-state index in [2.05, 4.69) is 48.6 Å². The molecule has 3 aliphatic carbocycles. The van der Waals surface area contributed by atoms with E-state index in [0.29, 0.717) is 0 Å². The summed E-state index contributed by atoms with van der Waals surface area (Å²) in [7, 11) is 0. The van der Waals surface area contributed by atoms with Gasteiger partial charge in [0.15, 0.2) is 0 Å². The highest BCUT2D eigenvalue weighted by molar-refractivity contribution is 5.46. The van der Waals surface area contributed by atoms with Crippen molar-refractivity contribution in [1.29, 1.82) is 0 Å². The predicted octanol–water partition coefficient (Wildman–Crippen LogP) is 5.19. The third kappa shape index (κ3) is 2.48. The summed E-state index contributed by atoms with van der Waals surface area (Å²) < 4.78 is 0. The first-order chi connectivity index (χ1) is 8.93. The summed E-state index contributed by atoms with van der Waals surface area (Å²) in [4.78, 5) is 0. The highest BCUT2D eigenvalue weighted by Gasteiger charge is 2.13. The van der Waals surface area contributed by atoms with E-state index in [-0.39, 0.29) is 0 Å². The van der Waals surface area contributed by atoms with E-state index in [1.165, 1.54) is 38.5 Å². The fourth-order valence-corrected chi connectivity index (χ4v) is 2.91. The summed E-state index contributed by atoms with van der Waals surface area (Å²) in [5.41, 5.74) is 6.20. The summed E-state index contributed by atoms with van der Waals surface area (Å²) in [6.45, 7) is 0. The van der Waals surface area contributed by atoms with Crippen LogP contribution in [-0.2, 0) is 0 Å². The van der Waals surface area contributed by atoms with Crippen molar-refractivity contribution in [3.63, 3.8) is 0 Å². The average molecular weight is 236 g/mol. The summed E-state index contributed by atoms with van der Waals surface area (Å²) >= 11 is 0. The third-order valence-electron chi connectivity index (χ3n) is 4.00. The normalized spacial score (nSPS) is 23.1. The molecule has 0 bridgehead atoms. The van der Waals surface area contributed by atoms with Crippen LogP contribution in [-0.4, -0.2) is 0 Å². The van der Waals surface area contributed by atoms with Crippen LogP contribution in [0.1, 0.15) is 38.5 Å². The van der Waals surface area contributed by atoms with Crippen molar-refractivity contribution in [2.75, 3.05) is 0 Å². The Morgan fingerprint density at radius 2 is 0.944 bits per heavy atom. The van der Waals surface area contributed by atoms with Gasteiger partial charge in [-0.25, -0.2) is 0 Å². The van der Waals surface area contributed by atoms with E-state index < -0.39 is 0 Å². The molecule has 0 heteroatoms. The van der Waals surface area contributed by atoms with Gasteiger partial charge in [-0.05, 0) is 60.8 Å². The largest absolute Gasteiger partial charge is 0.0842 e. The SMILES string of the molecule is C1=CCCC(C2=CC=C(C3=CC=CCC3)CC2)=C1. The first-order valence-corrected chi connectivity index (χ1v) is 7.05. The molecule has 0 spiro atoms. The molecule has 0 aromatic rings. The molecule has 0 fully saturated rings. The quantitative estimate of drug-likeness (QED) is 0.619. The molecule has 0 amide bonds. The van der Waals surface area contributed by atoms with Crippen molar-refractivity contribution in [3.8, 4) is 0 Å². The Morgan fingerprint density at radius 1 is 0.500 bits per heavy atom. The maximum Gasteiger partial charge on any atom is -0.0235 e. The minimum absolute atomic E-state index is 1.20. The smallest absolute Gasteiger partial charge is 0.0235 e. The van der Waals surface area contributed by atoms with Crippen LogP contribution in [0.4, 0.5) is 0 Å². The molecule has 3 rings (SSSR count). The van der Waals surface area contributed by atoms with Crippen molar-refractivity contribution < 1.29 is 0 Å². The Kier molecular flexibility index (Phi) is 3.45. The van der Waals surface area contributed by atoms with Crippen molar-refractivity contribution in [3.05, 3.63) is 70.9 Å². The van der Waals surface area contributed by atoms with E-state index in [0.717, 1.165) is 0 Å². The monoisotopic (exact) mass is 236 g/mol. The highest BCUT2D eigenvalue weighted by Crippen LogP contribution is 2.33. The Morgan fingerprint density at radius 3 is 1.28 bits per heavy atom. The molecule has 0 aromatic carbocycles. The molecule has 0 saturated carbocycles. The molecule has 0 nitrogen and oxygen atoms in total. The zero-order valence-electron chi connectivity index (χ0n) is 10.9. The molecule has 0 saturated heterocycles. The Bertz CT molecular complexity index is 456. The summed E-state index contributed by atoms with van der Waals surface area (Å²) in [5, 5.41) is 0. The van der Waals surface area contributed by atoms with Crippen LogP contribution in [0.5, 0.6) is 0 Å². The average Bonchev–Trinajstić information content (AvgIpc) is 2.49. The van der Waals surface area contributed by atoms with Gasteiger partial charge in [-0.3, -0.25) is 0 Å². The van der Waals surface area contributed by atoms with Gasteiger partial charge in [0.25, 0.3) is 0 Å². The van der Waals surface area contributed by atoms with Crippen LogP contribution >= 0.6 is 0 Å². The minimum atomic E-state index is 1.20. The van der Waals surface area contributed by atoms with Crippen LogP contribution in [0.15, 0.2) is 70.9 Å². The van der Waals surface area contributed by atoms with Gasteiger partial charge < -0.3 is 0 Å². The van der Waals surface area contributed by atoms with Gasteiger partial charge >= 0.3 is 0 Å². The predicted molar refractivity (Wildman–Crippen MR) is 78.3 cm³/mol. The van der Waals surface area contributed by atoms with Crippen LogP contribution in [0.3, 0.4) is 0 Å². The van der Waals surface area contributed by atoms with Crippen molar-refractivity contribution in [2.45, 2.75) is 38.5 Å². The van der Waals surface area contributed by atoms with Gasteiger partial charge in [-0.15, -0.1) is 0 Å². The molecular formula is C18H20. The second kappa shape index (κ2) is 5.39. The fraction of sp³-hybridized carbons (Fsp3) is 0.333. The third-order valence-corrected chi connectivity index (χ3v) is 4.00. The molecule has 0 N–H and O–H groups in total. The highest BCUT2D eigenvalue weighted by atomic mass is 14.2. The molecule has 0 unspecified atom stereocenters. The first-order valence-electron chi connectivity index (χ1n) is 7.05. The second-order valence-electron chi connectivity index (χ2n) is 5.20. The van der Waals surface area contributed by atoms with E-state index >= 15 is 0 Å². The zero-order valence-corrected chi connectivity index (χ0v) is 10.9. The van der Waals surface area contributed by atoms with Crippen molar-refractivity contribution in [2.24, 2.45) is 0 Å². The number of allylic oxidation sites excluding steroid dienone is 12. The van der Waals surface area contributed by atoms with E-state index in [1.54, 1.807) is 22.3 Å². The number of rotatable bonds is 2. The molecule has 3 aliphatic rings. The standard InChI is InChI=1S/C18H20/c1-3-7-15(8-4-1)17-11-13-18(14-12-17)16-9-5-2-6-10-16/h1-3,5,7,9,11,13H,4,6,8,10,12,14H2. The van der Waals surface area contributed by atoms with Crippen LogP contribution in [0.2, 0.25) is 0 Å². The van der Waals surface area contributed by atoms with Gasteiger partial charge in [0.2, 0.25) is 0 Å². The van der Waals surface area contributed by atoms with Gasteiger partial charge in [-0.1, -0.05) is 48.6 Å². The molecular weight excluding hydrogens is 216 g/mol. The van der Waals surface area contributed by atoms with Crippen LogP contribution in [0.25, 0.3) is 0 Å². The van der Waals surface area contributed by atoms with E-state index in [9.17, 15) is 0 Å². The zero-order chi connectivity index (χ0) is 12.2. The van der Waals surface area contributed by atoms with E-state index in [1.807, 2.05) is 0 Å². The van der Waals surface area contributed by atoms with Crippen LogP contribution in [0, 0.1) is 0 Å². The van der Waals surface area contributed by atoms with Crippen LogP contribution < -0.4 is 0 Å². The minimum Gasteiger partial charge on any atom is -0.0842 e. The second-order valence-corrected chi connectivity index (χ2v) is 5.20. The topological polar surface area (TPSA) is 0 Å². The summed E-state index contributed by atoms with van der Waals surface area (Å²) in [5.74, 6) is 0. The number of hydrogen-bond acceptors (Lipinski definition) is 0. The fourth-order valence-electron chi connectivity index (χ4n) is 2.91. The maximum absolute atomic E-state index is 2.35. The molecule has 0 radical (unpaired) electrons. The molecule has 18 heavy (non-hydrogen) atoms. The summed E-state index contributed by atoms with van der Waals surface area (Å²) in [6.07, 6.45) is 25.5. The molecule has 0 aliphatic heterocycles. The Hall–Kier alpha value is -1.56. The molecule has 0 aromatic heterocycles. The van der Waals surface area contributed by atoms with Gasteiger partial charge in [-0.2, -0.15) is 0 Å². The molecule has 0 heterocycles. The Labute approximate surface area is 110 Å². The van der Waals surface area contributed by atoms with Crippen molar-refractivity contribution in [1.82, 2.24) is 0 Å². The molecule has 92 valence electrons.